The summed E-state index contributed by atoms with van der Waals surface area (Å²) in [6.45, 7) is 3.67. The molecule has 0 saturated carbocycles. The Hall–Kier alpha value is -3.60. The van der Waals surface area contributed by atoms with Crippen LogP contribution in [0.2, 0.25) is 0 Å². The molecular formula is C26H27N5O4S. The zero-order valence-electron chi connectivity index (χ0n) is 20.1. The number of amides is 1. The average Bonchev–Trinajstić information content (AvgIpc) is 3.60. The number of pyridine rings is 1. The Morgan fingerprint density at radius 1 is 1.14 bits per heavy atom. The molecule has 0 spiro atoms. The molecule has 3 aromatic heterocycles. The smallest absolute Gasteiger partial charge is 0.253 e. The summed E-state index contributed by atoms with van der Waals surface area (Å²) in [5.41, 5.74) is 2.31. The molecule has 1 fully saturated rings. The first-order chi connectivity index (χ1) is 17.5. The highest BCUT2D eigenvalue weighted by Gasteiger charge is 2.32. The van der Waals surface area contributed by atoms with E-state index in [1.807, 2.05) is 25.1 Å². The van der Waals surface area contributed by atoms with Crippen molar-refractivity contribution >= 4 is 33.9 Å². The van der Waals surface area contributed by atoms with Gasteiger partial charge < -0.3 is 19.7 Å². The van der Waals surface area contributed by atoms with Gasteiger partial charge in [0.25, 0.3) is 5.91 Å². The number of aromatic amines is 1. The number of thiazole rings is 1. The van der Waals surface area contributed by atoms with Crippen molar-refractivity contribution in [1.82, 2.24) is 24.8 Å². The van der Waals surface area contributed by atoms with Crippen molar-refractivity contribution in [1.29, 1.82) is 0 Å². The minimum absolute atomic E-state index is 0.0493. The first-order valence-electron chi connectivity index (χ1n) is 11.8. The third-order valence-electron chi connectivity index (χ3n) is 6.45. The van der Waals surface area contributed by atoms with Gasteiger partial charge in [-0.3, -0.25) is 14.5 Å². The number of Topliss-reactive ketones (excluding diaryl/α,β-unsaturated/α-hetero) is 1. The minimum Gasteiger partial charge on any atom is -0.494 e. The van der Waals surface area contributed by atoms with Crippen LogP contribution in [0.4, 0.5) is 0 Å². The van der Waals surface area contributed by atoms with Gasteiger partial charge in [0, 0.05) is 44.1 Å². The quantitative estimate of drug-likeness (QED) is 0.371. The molecule has 1 amide bonds. The summed E-state index contributed by atoms with van der Waals surface area (Å²) in [6.07, 6.45) is 4.46. The SMILES string of the molecule is CCc1ncc(-c2ncc(OC)c3c(C(=O)C(O)N4CCN(C(=O)c5ccccc5)CC4)c[nH]c23)s1. The van der Waals surface area contributed by atoms with E-state index in [0.29, 0.717) is 59.7 Å². The van der Waals surface area contributed by atoms with Crippen LogP contribution < -0.4 is 4.74 Å². The van der Waals surface area contributed by atoms with Crippen LogP contribution in [-0.4, -0.2) is 81.1 Å². The fourth-order valence-corrected chi connectivity index (χ4v) is 5.34. The lowest BCUT2D eigenvalue weighted by molar-refractivity contribution is -0.00956. The molecule has 10 heteroatoms. The molecule has 1 saturated heterocycles. The number of aliphatic hydroxyl groups excluding tert-OH is 1. The number of aryl methyl sites for hydroxylation is 1. The van der Waals surface area contributed by atoms with Gasteiger partial charge in [0.1, 0.15) is 11.4 Å². The maximum absolute atomic E-state index is 13.4. The summed E-state index contributed by atoms with van der Waals surface area (Å²) in [7, 11) is 1.53. The maximum Gasteiger partial charge on any atom is 0.253 e. The van der Waals surface area contributed by atoms with Crippen LogP contribution in [0.1, 0.15) is 32.6 Å². The zero-order valence-corrected chi connectivity index (χ0v) is 20.9. The molecule has 5 rings (SSSR count). The number of ketones is 1. The van der Waals surface area contributed by atoms with Crippen molar-refractivity contribution < 1.29 is 19.4 Å². The van der Waals surface area contributed by atoms with Gasteiger partial charge in [0.15, 0.2) is 6.23 Å². The topological polar surface area (TPSA) is 112 Å². The number of fused-ring (bicyclic) bond motifs is 1. The van der Waals surface area contributed by atoms with Gasteiger partial charge in [-0.1, -0.05) is 25.1 Å². The van der Waals surface area contributed by atoms with Crippen molar-refractivity contribution in [2.24, 2.45) is 0 Å². The highest BCUT2D eigenvalue weighted by molar-refractivity contribution is 7.15. The van der Waals surface area contributed by atoms with E-state index in [9.17, 15) is 14.7 Å². The van der Waals surface area contributed by atoms with Crippen LogP contribution in [-0.2, 0) is 6.42 Å². The molecule has 186 valence electrons. The molecule has 0 radical (unpaired) electrons. The van der Waals surface area contributed by atoms with Gasteiger partial charge in [0.2, 0.25) is 5.78 Å². The number of nitrogens with zero attached hydrogens (tertiary/aromatic N) is 4. The molecule has 1 aliphatic heterocycles. The largest absolute Gasteiger partial charge is 0.494 e. The van der Waals surface area contributed by atoms with Gasteiger partial charge in [-0.15, -0.1) is 11.3 Å². The van der Waals surface area contributed by atoms with Crippen molar-refractivity contribution in [2.75, 3.05) is 33.3 Å². The zero-order chi connectivity index (χ0) is 25.2. The summed E-state index contributed by atoms with van der Waals surface area (Å²) in [5, 5.41) is 12.6. The number of hydrogen-bond donors (Lipinski definition) is 2. The first kappa shape index (κ1) is 24.1. The predicted octanol–water partition coefficient (Wildman–Crippen LogP) is 3.22. The van der Waals surface area contributed by atoms with Crippen molar-refractivity contribution in [3.63, 3.8) is 0 Å². The number of aliphatic hydroxyl groups is 1. The number of piperazine rings is 1. The van der Waals surface area contributed by atoms with Crippen molar-refractivity contribution in [2.45, 2.75) is 19.6 Å². The summed E-state index contributed by atoms with van der Waals surface area (Å²) in [5.74, 6) is -0.0334. The molecule has 9 nitrogen and oxygen atoms in total. The number of carbonyl (C=O) groups excluding carboxylic acids is 2. The monoisotopic (exact) mass is 505 g/mol. The van der Waals surface area contributed by atoms with Crippen molar-refractivity contribution in [3.8, 4) is 16.3 Å². The van der Waals surface area contributed by atoms with Gasteiger partial charge in [-0.25, -0.2) is 9.97 Å². The normalized spacial score (nSPS) is 15.2. The fourth-order valence-electron chi connectivity index (χ4n) is 4.48. The molecule has 0 bridgehead atoms. The number of benzene rings is 1. The minimum atomic E-state index is -1.34. The summed E-state index contributed by atoms with van der Waals surface area (Å²) in [4.78, 5) is 42.6. The Bertz CT molecular complexity index is 1390. The van der Waals surface area contributed by atoms with E-state index >= 15 is 0 Å². The molecule has 1 atom stereocenters. The Morgan fingerprint density at radius 3 is 2.56 bits per heavy atom. The lowest BCUT2D eigenvalue weighted by Gasteiger charge is -2.36. The lowest BCUT2D eigenvalue weighted by atomic mass is 10.1. The second-order valence-corrected chi connectivity index (χ2v) is 9.65. The van der Waals surface area contributed by atoms with Gasteiger partial charge in [-0.05, 0) is 18.6 Å². The molecule has 1 unspecified atom stereocenters. The number of ether oxygens (including phenoxy) is 1. The maximum atomic E-state index is 13.4. The standard InChI is InChI=1S/C26H27N5O4S/c1-3-20-27-15-19(36-20)22-23-21(18(35-2)14-29-22)17(13-28-23)24(32)26(34)31-11-9-30(10-12-31)25(33)16-7-5-4-6-8-16/h4-8,13-15,26,28,34H,3,9-12H2,1-2H3. The summed E-state index contributed by atoms with van der Waals surface area (Å²) >= 11 is 1.55. The third-order valence-corrected chi connectivity index (χ3v) is 7.60. The van der Waals surface area contributed by atoms with E-state index < -0.39 is 12.0 Å². The van der Waals surface area contributed by atoms with Crippen LogP contribution >= 0.6 is 11.3 Å². The van der Waals surface area contributed by atoms with Crippen LogP contribution in [0.3, 0.4) is 0 Å². The van der Waals surface area contributed by atoms with Crippen LogP contribution in [0.5, 0.6) is 5.75 Å². The number of nitrogens with one attached hydrogen (secondary N) is 1. The molecular weight excluding hydrogens is 478 g/mol. The Labute approximate surface area is 212 Å². The van der Waals surface area contributed by atoms with Crippen LogP contribution in [0.15, 0.2) is 48.9 Å². The number of methoxy groups -OCH3 is 1. The number of hydrogen-bond acceptors (Lipinski definition) is 8. The van der Waals surface area contributed by atoms with Crippen LogP contribution in [0.25, 0.3) is 21.5 Å². The summed E-state index contributed by atoms with van der Waals surface area (Å²) < 4.78 is 5.52. The number of carbonyl (C=O) groups is 2. The predicted molar refractivity (Wildman–Crippen MR) is 137 cm³/mol. The highest BCUT2D eigenvalue weighted by Crippen LogP contribution is 2.37. The molecule has 36 heavy (non-hydrogen) atoms. The van der Waals surface area contributed by atoms with E-state index in [2.05, 4.69) is 15.0 Å². The van der Waals surface area contributed by atoms with E-state index in [1.54, 1.807) is 51.9 Å². The number of rotatable bonds is 7. The van der Waals surface area contributed by atoms with Gasteiger partial charge >= 0.3 is 0 Å². The summed E-state index contributed by atoms with van der Waals surface area (Å²) in [6, 6.07) is 9.11. The molecule has 0 aliphatic carbocycles. The van der Waals surface area contributed by atoms with E-state index in [1.165, 1.54) is 7.11 Å². The van der Waals surface area contributed by atoms with Gasteiger partial charge in [-0.2, -0.15) is 0 Å². The van der Waals surface area contributed by atoms with Gasteiger partial charge in [0.05, 0.1) is 39.7 Å². The Kier molecular flexibility index (Phi) is 6.82. The molecule has 4 aromatic rings. The molecule has 4 heterocycles. The Balaban J connectivity index is 1.36. The fraction of sp³-hybridized carbons (Fsp3) is 0.308. The van der Waals surface area contributed by atoms with Crippen LogP contribution in [0, 0.1) is 0 Å². The molecule has 1 aliphatic rings. The molecule has 2 N–H and O–H groups in total. The van der Waals surface area contributed by atoms with Crippen molar-refractivity contribution in [3.05, 3.63) is 65.1 Å². The second-order valence-electron chi connectivity index (χ2n) is 8.53. The van der Waals surface area contributed by atoms with E-state index in [0.717, 1.165) is 16.3 Å². The lowest BCUT2D eigenvalue weighted by Crippen LogP contribution is -2.54. The van der Waals surface area contributed by atoms with E-state index in [-0.39, 0.29) is 5.91 Å². The Morgan fingerprint density at radius 2 is 1.89 bits per heavy atom. The number of aromatic nitrogens is 3. The number of H-pyrrole nitrogens is 1. The third kappa shape index (κ3) is 4.39. The average molecular weight is 506 g/mol. The van der Waals surface area contributed by atoms with E-state index in [4.69, 9.17) is 4.74 Å². The molecule has 1 aromatic carbocycles. The first-order valence-corrected chi connectivity index (χ1v) is 12.6. The second kappa shape index (κ2) is 10.2. The highest BCUT2D eigenvalue weighted by atomic mass is 32.1.